The third-order valence-corrected chi connectivity index (χ3v) is 0.577. The quantitative estimate of drug-likeness (QED) is 0.705. The van der Waals surface area contributed by atoms with Gasteiger partial charge in [-0.3, -0.25) is 0 Å². The van der Waals surface area contributed by atoms with Crippen molar-refractivity contribution in [2.24, 2.45) is 5.73 Å². The molecule has 4 nitrogen and oxygen atoms in total. The Labute approximate surface area is 95.9 Å². The molecule has 0 aromatic heterocycles. The number of carbonyl (C=O) groups excluding carboxylic acids is 1. The summed E-state index contributed by atoms with van der Waals surface area (Å²) in [5, 5.41) is 3.03. The molecule has 0 aliphatic heterocycles. The van der Waals surface area contributed by atoms with Crippen molar-refractivity contribution >= 4 is 5.78 Å². The molecule has 4 heteroatoms. The molecule has 0 aliphatic rings. The highest BCUT2D eigenvalue weighted by Gasteiger charge is 1.76. The number of ketones is 1. The zero-order valence-corrected chi connectivity index (χ0v) is 10.6. The van der Waals surface area contributed by atoms with Crippen LogP contribution in [0.2, 0.25) is 0 Å². The number of carbonyl (C=O) groups is 1. The van der Waals surface area contributed by atoms with Gasteiger partial charge < -0.3 is 21.3 Å². The van der Waals surface area contributed by atoms with Crippen LogP contribution in [0.3, 0.4) is 0 Å². The summed E-state index contributed by atoms with van der Waals surface area (Å²) in [5.41, 5.74) is 5.11. The number of rotatable bonds is 1. The first kappa shape index (κ1) is 29.3. The van der Waals surface area contributed by atoms with Gasteiger partial charge in [-0.25, -0.2) is 0 Å². The first-order valence-electron chi connectivity index (χ1n) is 4.64. The molecular weight excluding hydrogens is 192 g/mol. The first-order valence-corrected chi connectivity index (χ1v) is 4.64. The van der Waals surface area contributed by atoms with Gasteiger partial charge in [-0.2, -0.15) is 0 Å². The second-order valence-corrected chi connectivity index (χ2v) is 3.60. The molecular formula is C11H32N2O2. The van der Waals surface area contributed by atoms with Gasteiger partial charge in [0.2, 0.25) is 0 Å². The summed E-state index contributed by atoms with van der Waals surface area (Å²) in [6, 6.07) is 0.968. The molecule has 0 fully saturated rings. The number of Topliss-reactive ketones (excluding diaryl/α,β-unsaturated/α-hetero) is 1. The van der Waals surface area contributed by atoms with Gasteiger partial charge in [-0.05, 0) is 26.9 Å². The Hall–Kier alpha value is -0.450. The van der Waals surface area contributed by atoms with Crippen molar-refractivity contribution < 1.29 is 10.3 Å². The Morgan fingerprint density at radius 2 is 1.20 bits per heavy atom. The molecule has 0 radical (unpaired) electrons. The maximum atomic E-state index is 9.44. The molecule has 0 aromatic rings. The van der Waals surface area contributed by atoms with E-state index in [1.54, 1.807) is 0 Å². The fraction of sp³-hybridized carbons (Fsp3) is 0.909. The van der Waals surface area contributed by atoms with Crippen molar-refractivity contribution in [3.05, 3.63) is 0 Å². The van der Waals surface area contributed by atoms with Crippen LogP contribution < -0.4 is 11.1 Å². The van der Waals surface area contributed by atoms with E-state index in [1.807, 2.05) is 20.9 Å². The number of hydrogen-bond donors (Lipinski definition) is 2. The van der Waals surface area contributed by atoms with E-state index in [0.29, 0.717) is 12.1 Å². The Balaban J connectivity index is -0.0000000315. The topological polar surface area (TPSA) is 86.6 Å². The van der Waals surface area contributed by atoms with E-state index in [1.165, 1.54) is 13.8 Å². The largest absolute Gasteiger partial charge is 0.412 e. The third-order valence-electron chi connectivity index (χ3n) is 0.577. The minimum Gasteiger partial charge on any atom is -0.412 e. The van der Waals surface area contributed by atoms with Gasteiger partial charge in [-0.1, -0.05) is 35.1 Å². The van der Waals surface area contributed by atoms with Crippen molar-refractivity contribution in [2.75, 3.05) is 7.05 Å². The van der Waals surface area contributed by atoms with Gasteiger partial charge in [-0.15, -0.1) is 0 Å². The van der Waals surface area contributed by atoms with Crippen molar-refractivity contribution in [3.8, 4) is 0 Å². The van der Waals surface area contributed by atoms with Gasteiger partial charge >= 0.3 is 0 Å². The van der Waals surface area contributed by atoms with Crippen molar-refractivity contribution in [2.45, 2.75) is 61.1 Å². The molecule has 0 bridgehead atoms. The maximum absolute atomic E-state index is 9.44. The Morgan fingerprint density at radius 1 is 1.13 bits per heavy atom. The molecule has 0 rings (SSSR count). The fourth-order valence-electron chi connectivity index (χ4n) is 0. The van der Waals surface area contributed by atoms with E-state index in [0.717, 1.165) is 0 Å². The van der Waals surface area contributed by atoms with Gasteiger partial charge in [0.15, 0.2) is 0 Å². The average Bonchev–Trinajstić information content (AvgIpc) is 1.84. The van der Waals surface area contributed by atoms with Gasteiger partial charge in [0.25, 0.3) is 0 Å². The van der Waals surface area contributed by atoms with Crippen LogP contribution in [0.1, 0.15) is 49.0 Å². The van der Waals surface area contributed by atoms with Crippen LogP contribution in [-0.4, -0.2) is 30.4 Å². The second kappa shape index (κ2) is 23.4. The summed E-state index contributed by atoms with van der Waals surface area (Å²) in [6.45, 7) is 11.2. The van der Waals surface area contributed by atoms with E-state index in [4.69, 9.17) is 5.73 Å². The summed E-state index contributed by atoms with van der Waals surface area (Å²) in [4.78, 5) is 9.44. The highest BCUT2D eigenvalue weighted by atomic mass is 16.1. The molecule has 0 unspecified atom stereocenters. The number of nitrogens with one attached hydrogen (secondary N) is 1. The van der Waals surface area contributed by atoms with Crippen LogP contribution in [0.5, 0.6) is 0 Å². The summed E-state index contributed by atoms with van der Waals surface area (Å²) in [7, 11) is 1.95. The van der Waals surface area contributed by atoms with Crippen LogP contribution in [0.25, 0.3) is 0 Å². The van der Waals surface area contributed by atoms with Crippen LogP contribution >= 0.6 is 0 Å². The molecule has 0 saturated heterocycles. The fourth-order valence-corrected chi connectivity index (χ4v) is 0. The van der Waals surface area contributed by atoms with E-state index in [-0.39, 0.29) is 18.7 Å². The van der Waals surface area contributed by atoms with Gasteiger partial charge in [0, 0.05) is 6.04 Å². The molecule has 0 amide bonds. The molecule has 15 heavy (non-hydrogen) atoms. The number of nitrogens with two attached hydrogens (primary N) is 1. The SMILES string of the molecule is C.CC(C)=O.CC(C)N.CNC(C)C.O. The minimum absolute atomic E-state index is 0. The standard InChI is InChI=1S/C4H11N.C3H9N.C3H6O.CH4.H2O/c1-4(2)5-3;2*1-3(2)4;;/h4-5H,1-3H3;3H,4H2,1-2H3;1-2H3;1H4;1H2. The van der Waals surface area contributed by atoms with E-state index < -0.39 is 0 Å². The molecule has 0 saturated carbocycles. The lowest BCUT2D eigenvalue weighted by Gasteiger charge is -1.95. The zero-order valence-electron chi connectivity index (χ0n) is 10.6. The zero-order chi connectivity index (χ0) is 11.4. The molecule has 0 atom stereocenters. The lowest BCUT2D eigenvalue weighted by atomic mass is 10.4. The Morgan fingerprint density at radius 3 is 1.20 bits per heavy atom. The van der Waals surface area contributed by atoms with Gasteiger partial charge in [0.05, 0.1) is 0 Å². The predicted molar refractivity (Wildman–Crippen MR) is 70.2 cm³/mol. The maximum Gasteiger partial charge on any atom is 0.126 e. The first-order chi connectivity index (χ1) is 5.73. The van der Waals surface area contributed by atoms with E-state index in [9.17, 15) is 4.79 Å². The molecule has 0 spiro atoms. The summed E-state index contributed by atoms with van der Waals surface area (Å²) in [5.74, 6) is 0.167. The molecule has 0 heterocycles. The predicted octanol–water partition coefficient (Wildman–Crippen LogP) is 1.37. The molecule has 5 N–H and O–H groups in total. The summed E-state index contributed by atoms with van der Waals surface area (Å²) >= 11 is 0. The molecule has 0 aromatic carbocycles. The van der Waals surface area contributed by atoms with Crippen molar-refractivity contribution in [1.82, 2.24) is 5.32 Å². The van der Waals surface area contributed by atoms with Crippen LogP contribution in [0, 0.1) is 0 Å². The van der Waals surface area contributed by atoms with Crippen LogP contribution in [0.15, 0.2) is 0 Å². The highest BCUT2D eigenvalue weighted by molar-refractivity contribution is 5.72. The Bertz CT molecular complexity index is 98.0. The summed E-state index contributed by atoms with van der Waals surface area (Å²) < 4.78 is 0. The van der Waals surface area contributed by atoms with Crippen molar-refractivity contribution in [1.29, 1.82) is 0 Å². The minimum atomic E-state index is 0. The normalized spacial score (nSPS) is 7.33. The third kappa shape index (κ3) is 752. The van der Waals surface area contributed by atoms with Crippen LogP contribution in [-0.2, 0) is 4.79 Å². The highest BCUT2D eigenvalue weighted by Crippen LogP contribution is 1.66. The summed E-state index contributed by atoms with van der Waals surface area (Å²) in [6.07, 6.45) is 0. The van der Waals surface area contributed by atoms with E-state index in [2.05, 4.69) is 19.2 Å². The Kier molecular flexibility index (Phi) is 45.7. The smallest absolute Gasteiger partial charge is 0.126 e. The van der Waals surface area contributed by atoms with Crippen LogP contribution in [0.4, 0.5) is 0 Å². The average molecular weight is 224 g/mol. The van der Waals surface area contributed by atoms with Gasteiger partial charge in [0.1, 0.15) is 5.78 Å². The number of hydrogen-bond acceptors (Lipinski definition) is 3. The van der Waals surface area contributed by atoms with Crippen molar-refractivity contribution in [3.63, 3.8) is 0 Å². The molecule has 0 aliphatic carbocycles. The lowest BCUT2D eigenvalue weighted by molar-refractivity contribution is -0.114. The second-order valence-electron chi connectivity index (χ2n) is 3.60. The lowest BCUT2D eigenvalue weighted by Crippen LogP contribution is -2.15. The molecule has 98 valence electrons. The monoisotopic (exact) mass is 224 g/mol. The van der Waals surface area contributed by atoms with E-state index >= 15 is 0 Å².